The first-order valence-electron chi connectivity index (χ1n) is 10.3. The molecule has 0 unspecified atom stereocenters. The standard InChI is InChI=1S/C22H28N2O4S/c1-16-6-4-13-24(16)14-5-15-27-19-10-8-18(9-11-19)21-17(2)29(25,26)22-20(28-21)7-3-12-23-22/h3,7-12,16-17,21H,4-6,13-15H2,1-2H3/t16-,17+,21-/m1/s1. The molecule has 0 amide bonds. The second-order valence-electron chi connectivity index (χ2n) is 7.89. The van der Waals surface area contributed by atoms with Gasteiger partial charge in [-0.3, -0.25) is 0 Å². The van der Waals surface area contributed by atoms with Crippen molar-refractivity contribution in [3.05, 3.63) is 48.2 Å². The summed E-state index contributed by atoms with van der Waals surface area (Å²) in [6.07, 6.45) is 4.49. The van der Waals surface area contributed by atoms with E-state index in [0.29, 0.717) is 18.4 Å². The Hall–Kier alpha value is -2.12. The lowest BCUT2D eigenvalue weighted by Crippen LogP contribution is -2.34. The van der Waals surface area contributed by atoms with E-state index in [1.807, 2.05) is 24.3 Å². The molecule has 1 fully saturated rings. The highest BCUT2D eigenvalue weighted by Crippen LogP contribution is 2.39. The molecule has 2 aliphatic heterocycles. The molecule has 0 radical (unpaired) electrons. The van der Waals surface area contributed by atoms with Crippen LogP contribution in [-0.4, -0.2) is 49.3 Å². The number of pyridine rings is 1. The highest BCUT2D eigenvalue weighted by atomic mass is 32.2. The summed E-state index contributed by atoms with van der Waals surface area (Å²) in [5, 5.41) is -0.685. The molecule has 0 N–H and O–H groups in total. The SMILES string of the molecule is C[C@@H]1CCCN1CCCOc1ccc([C@@H]2Oc3cccnc3S(=O)(=O)[C@H]2C)cc1. The van der Waals surface area contributed by atoms with Crippen LogP contribution >= 0.6 is 0 Å². The van der Waals surface area contributed by atoms with Gasteiger partial charge in [0.1, 0.15) is 17.1 Å². The Kier molecular flexibility index (Phi) is 5.79. The van der Waals surface area contributed by atoms with Gasteiger partial charge in [0.15, 0.2) is 10.8 Å². The predicted octanol–water partition coefficient (Wildman–Crippen LogP) is 3.63. The fourth-order valence-corrected chi connectivity index (χ4v) is 5.62. The zero-order valence-electron chi connectivity index (χ0n) is 17.0. The van der Waals surface area contributed by atoms with Crippen molar-refractivity contribution in [2.24, 2.45) is 0 Å². The number of rotatable bonds is 6. The Morgan fingerprint density at radius 1 is 1.21 bits per heavy atom. The molecule has 0 saturated carbocycles. The molecular weight excluding hydrogens is 388 g/mol. The summed E-state index contributed by atoms with van der Waals surface area (Å²) in [6, 6.07) is 11.6. The van der Waals surface area contributed by atoms with E-state index in [1.165, 1.54) is 25.6 Å². The number of benzene rings is 1. The lowest BCUT2D eigenvalue weighted by molar-refractivity contribution is 0.186. The minimum absolute atomic E-state index is 0.0241. The smallest absolute Gasteiger partial charge is 0.205 e. The Labute approximate surface area is 172 Å². The molecule has 3 atom stereocenters. The number of nitrogens with zero attached hydrogens (tertiary/aromatic N) is 2. The van der Waals surface area contributed by atoms with E-state index in [9.17, 15) is 8.42 Å². The van der Waals surface area contributed by atoms with Crippen LogP contribution in [0.1, 0.15) is 44.8 Å². The van der Waals surface area contributed by atoms with Gasteiger partial charge in [-0.1, -0.05) is 12.1 Å². The second kappa shape index (κ2) is 8.32. The molecule has 4 rings (SSSR count). The monoisotopic (exact) mass is 416 g/mol. The van der Waals surface area contributed by atoms with Crippen molar-refractivity contribution in [1.82, 2.24) is 9.88 Å². The predicted molar refractivity (Wildman–Crippen MR) is 111 cm³/mol. The topological polar surface area (TPSA) is 68.7 Å². The van der Waals surface area contributed by atoms with E-state index in [1.54, 1.807) is 19.1 Å². The zero-order chi connectivity index (χ0) is 20.4. The van der Waals surface area contributed by atoms with Gasteiger partial charge in [-0.15, -0.1) is 0 Å². The summed E-state index contributed by atoms with van der Waals surface area (Å²) in [4.78, 5) is 6.52. The Morgan fingerprint density at radius 3 is 2.72 bits per heavy atom. The van der Waals surface area contributed by atoms with Gasteiger partial charge in [-0.05, 0) is 69.5 Å². The molecule has 0 spiro atoms. The van der Waals surface area contributed by atoms with Crippen LogP contribution in [0.4, 0.5) is 0 Å². The van der Waals surface area contributed by atoms with E-state index < -0.39 is 21.2 Å². The second-order valence-corrected chi connectivity index (χ2v) is 10.1. The summed E-state index contributed by atoms with van der Waals surface area (Å²) in [7, 11) is -3.53. The normalized spacial score (nSPS) is 25.9. The Balaban J connectivity index is 1.38. The van der Waals surface area contributed by atoms with Gasteiger partial charge < -0.3 is 14.4 Å². The van der Waals surface area contributed by atoms with Gasteiger partial charge in [0, 0.05) is 18.8 Å². The number of hydrogen-bond donors (Lipinski definition) is 0. The largest absolute Gasteiger partial charge is 0.494 e. The number of likely N-dealkylation sites (tertiary alicyclic amines) is 1. The van der Waals surface area contributed by atoms with E-state index in [2.05, 4.69) is 16.8 Å². The Bertz CT molecular complexity index is 946. The summed E-state index contributed by atoms with van der Waals surface area (Å²) in [5.74, 6) is 1.10. The summed E-state index contributed by atoms with van der Waals surface area (Å²) >= 11 is 0. The van der Waals surface area contributed by atoms with Gasteiger partial charge in [0.2, 0.25) is 9.84 Å². The molecule has 1 saturated heterocycles. The van der Waals surface area contributed by atoms with Crippen LogP contribution < -0.4 is 9.47 Å². The van der Waals surface area contributed by atoms with Gasteiger partial charge in [0.05, 0.1) is 6.61 Å². The van der Waals surface area contributed by atoms with Crippen molar-refractivity contribution >= 4 is 9.84 Å². The minimum atomic E-state index is -3.53. The maximum Gasteiger partial charge on any atom is 0.205 e. The molecule has 0 bridgehead atoms. The van der Waals surface area contributed by atoms with Crippen molar-refractivity contribution in [2.75, 3.05) is 19.7 Å². The average Bonchev–Trinajstić information content (AvgIpc) is 3.14. The van der Waals surface area contributed by atoms with Gasteiger partial charge in [-0.25, -0.2) is 13.4 Å². The van der Waals surface area contributed by atoms with Crippen LogP contribution in [0.5, 0.6) is 11.5 Å². The third kappa shape index (κ3) is 4.12. The maximum absolute atomic E-state index is 12.8. The summed E-state index contributed by atoms with van der Waals surface area (Å²) < 4.78 is 37.4. The van der Waals surface area contributed by atoms with Crippen molar-refractivity contribution in [3.63, 3.8) is 0 Å². The molecule has 29 heavy (non-hydrogen) atoms. The fourth-order valence-electron chi connectivity index (χ4n) is 4.13. The highest BCUT2D eigenvalue weighted by molar-refractivity contribution is 7.92. The van der Waals surface area contributed by atoms with Crippen molar-refractivity contribution in [2.45, 2.75) is 55.5 Å². The average molecular weight is 417 g/mol. The van der Waals surface area contributed by atoms with Gasteiger partial charge >= 0.3 is 0 Å². The summed E-state index contributed by atoms with van der Waals surface area (Å²) in [6.45, 7) is 6.89. The molecule has 2 aromatic rings. The van der Waals surface area contributed by atoms with Crippen molar-refractivity contribution < 1.29 is 17.9 Å². The van der Waals surface area contributed by atoms with Crippen LogP contribution in [0.3, 0.4) is 0 Å². The lowest BCUT2D eigenvalue weighted by Gasteiger charge is -2.30. The van der Waals surface area contributed by atoms with Gasteiger partial charge in [-0.2, -0.15) is 0 Å². The fraction of sp³-hybridized carbons (Fsp3) is 0.500. The molecule has 1 aromatic carbocycles. The Morgan fingerprint density at radius 2 is 2.00 bits per heavy atom. The molecule has 6 nitrogen and oxygen atoms in total. The first kappa shape index (κ1) is 20.2. The highest BCUT2D eigenvalue weighted by Gasteiger charge is 2.41. The quantitative estimate of drug-likeness (QED) is 0.670. The van der Waals surface area contributed by atoms with Crippen molar-refractivity contribution in [1.29, 1.82) is 0 Å². The molecule has 3 heterocycles. The van der Waals surface area contributed by atoms with E-state index in [-0.39, 0.29) is 5.03 Å². The number of sulfone groups is 1. The van der Waals surface area contributed by atoms with Crippen LogP contribution in [0.2, 0.25) is 0 Å². The molecule has 7 heteroatoms. The maximum atomic E-state index is 12.8. The van der Waals surface area contributed by atoms with Gasteiger partial charge in [0.25, 0.3) is 0 Å². The van der Waals surface area contributed by atoms with E-state index in [4.69, 9.17) is 9.47 Å². The first-order valence-corrected chi connectivity index (χ1v) is 11.8. The van der Waals surface area contributed by atoms with Crippen LogP contribution in [0.15, 0.2) is 47.6 Å². The zero-order valence-corrected chi connectivity index (χ0v) is 17.8. The van der Waals surface area contributed by atoms with E-state index >= 15 is 0 Å². The van der Waals surface area contributed by atoms with Crippen LogP contribution in [-0.2, 0) is 9.84 Å². The number of aromatic nitrogens is 1. The molecule has 1 aromatic heterocycles. The molecular formula is C22H28N2O4S. The minimum Gasteiger partial charge on any atom is -0.494 e. The molecule has 0 aliphatic carbocycles. The van der Waals surface area contributed by atoms with Crippen LogP contribution in [0.25, 0.3) is 0 Å². The lowest BCUT2D eigenvalue weighted by atomic mass is 10.1. The first-order chi connectivity index (χ1) is 14.0. The summed E-state index contributed by atoms with van der Waals surface area (Å²) in [5.41, 5.74) is 0.814. The van der Waals surface area contributed by atoms with E-state index in [0.717, 1.165) is 24.3 Å². The number of ether oxygens (including phenoxy) is 2. The van der Waals surface area contributed by atoms with Crippen LogP contribution in [0, 0.1) is 0 Å². The number of fused-ring (bicyclic) bond motifs is 1. The third-order valence-corrected chi connectivity index (χ3v) is 8.00. The third-order valence-electron chi connectivity index (χ3n) is 5.93. The molecule has 156 valence electrons. The number of hydrogen-bond acceptors (Lipinski definition) is 6. The van der Waals surface area contributed by atoms with Crippen molar-refractivity contribution in [3.8, 4) is 11.5 Å². The molecule has 2 aliphatic rings.